The van der Waals surface area contributed by atoms with Crippen molar-refractivity contribution in [2.45, 2.75) is 37.6 Å². The van der Waals surface area contributed by atoms with Crippen LogP contribution in [0.2, 0.25) is 0 Å². The predicted octanol–water partition coefficient (Wildman–Crippen LogP) is -0.886. The van der Waals surface area contributed by atoms with Gasteiger partial charge < -0.3 is 24.4 Å². The minimum atomic E-state index is -1.10. The molecule has 0 radical (unpaired) electrons. The Kier molecular flexibility index (Phi) is 3.63. The SMILES string of the molecule is CO[C@@H]1[C@@H](O)[C@@H](OC)[C@H](O)O[C@H]1C. The molecule has 1 fully saturated rings. The largest absolute Gasteiger partial charge is 0.387 e. The molecule has 5 nitrogen and oxygen atoms in total. The van der Waals surface area contributed by atoms with Crippen molar-refractivity contribution in [2.24, 2.45) is 0 Å². The second-order valence-electron chi connectivity index (χ2n) is 3.12. The van der Waals surface area contributed by atoms with Crippen LogP contribution in [-0.4, -0.2) is 55.1 Å². The second kappa shape index (κ2) is 4.34. The van der Waals surface area contributed by atoms with Crippen molar-refractivity contribution in [2.75, 3.05) is 14.2 Å². The van der Waals surface area contributed by atoms with Gasteiger partial charge in [-0.2, -0.15) is 0 Å². The molecule has 5 heteroatoms. The first kappa shape index (κ1) is 10.9. The number of ether oxygens (including phenoxy) is 3. The number of aliphatic hydroxyl groups is 2. The Morgan fingerprint density at radius 3 is 2.08 bits per heavy atom. The average Bonchev–Trinajstić information content (AvgIpc) is 2.04. The maximum Gasteiger partial charge on any atom is 0.184 e. The van der Waals surface area contributed by atoms with E-state index in [9.17, 15) is 10.2 Å². The molecule has 5 atom stereocenters. The highest BCUT2D eigenvalue weighted by molar-refractivity contribution is 4.88. The van der Waals surface area contributed by atoms with Crippen LogP contribution in [0.15, 0.2) is 0 Å². The van der Waals surface area contributed by atoms with Gasteiger partial charge in [0.1, 0.15) is 18.3 Å². The lowest BCUT2D eigenvalue weighted by Crippen LogP contribution is -2.57. The Morgan fingerprint density at radius 1 is 1.08 bits per heavy atom. The summed E-state index contributed by atoms with van der Waals surface area (Å²) >= 11 is 0. The van der Waals surface area contributed by atoms with Gasteiger partial charge >= 0.3 is 0 Å². The topological polar surface area (TPSA) is 68.2 Å². The van der Waals surface area contributed by atoms with Crippen molar-refractivity contribution >= 4 is 0 Å². The van der Waals surface area contributed by atoms with Crippen LogP contribution in [0.3, 0.4) is 0 Å². The van der Waals surface area contributed by atoms with Gasteiger partial charge in [-0.1, -0.05) is 0 Å². The molecule has 0 amide bonds. The molecule has 0 aromatic rings. The molecule has 0 aromatic carbocycles. The van der Waals surface area contributed by atoms with E-state index in [2.05, 4.69) is 0 Å². The Labute approximate surface area is 77.2 Å². The summed E-state index contributed by atoms with van der Waals surface area (Å²) in [5.74, 6) is 0. The standard InChI is InChI=1S/C8H16O5/c1-4-6(11-2)5(9)7(12-3)8(10)13-4/h4-10H,1-3H3/t4-,5+,6-,7+,8+/m0/s1. The summed E-state index contributed by atoms with van der Waals surface area (Å²) in [6.45, 7) is 1.73. The van der Waals surface area contributed by atoms with Crippen LogP contribution in [0.1, 0.15) is 6.92 Å². The number of rotatable bonds is 2. The third-order valence-corrected chi connectivity index (χ3v) is 2.32. The fourth-order valence-electron chi connectivity index (χ4n) is 1.59. The first-order valence-corrected chi connectivity index (χ1v) is 4.19. The zero-order valence-corrected chi connectivity index (χ0v) is 8.01. The van der Waals surface area contributed by atoms with Crippen molar-refractivity contribution in [1.82, 2.24) is 0 Å². The van der Waals surface area contributed by atoms with Gasteiger partial charge in [-0.3, -0.25) is 0 Å². The molecule has 2 N–H and O–H groups in total. The summed E-state index contributed by atoms with van der Waals surface area (Å²) in [7, 11) is 2.89. The van der Waals surface area contributed by atoms with E-state index in [0.29, 0.717) is 0 Å². The molecule has 0 spiro atoms. The number of methoxy groups -OCH3 is 2. The molecule has 1 saturated heterocycles. The fourth-order valence-corrected chi connectivity index (χ4v) is 1.59. The van der Waals surface area contributed by atoms with Gasteiger partial charge in [0, 0.05) is 14.2 Å². The third kappa shape index (κ3) is 2.00. The molecule has 1 heterocycles. The molecule has 78 valence electrons. The van der Waals surface area contributed by atoms with E-state index in [0.717, 1.165) is 0 Å². The quantitative estimate of drug-likeness (QED) is 0.594. The Balaban J connectivity index is 2.69. The first-order valence-electron chi connectivity index (χ1n) is 4.19. The molecule has 0 bridgehead atoms. The van der Waals surface area contributed by atoms with Crippen LogP contribution < -0.4 is 0 Å². The zero-order chi connectivity index (χ0) is 10.0. The molecular weight excluding hydrogens is 176 g/mol. The second-order valence-corrected chi connectivity index (χ2v) is 3.12. The number of hydrogen-bond acceptors (Lipinski definition) is 5. The van der Waals surface area contributed by atoms with E-state index in [1.165, 1.54) is 14.2 Å². The molecule has 1 aliphatic rings. The number of hydrogen-bond donors (Lipinski definition) is 2. The van der Waals surface area contributed by atoms with E-state index < -0.39 is 24.6 Å². The summed E-state index contributed by atoms with van der Waals surface area (Å²) in [5, 5.41) is 19.0. The van der Waals surface area contributed by atoms with E-state index >= 15 is 0 Å². The van der Waals surface area contributed by atoms with Crippen molar-refractivity contribution < 1.29 is 24.4 Å². The van der Waals surface area contributed by atoms with Crippen LogP contribution in [0.4, 0.5) is 0 Å². The average molecular weight is 192 g/mol. The van der Waals surface area contributed by atoms with Crippen LogP contribution in [0.25, 0.3) is 0 Å². The van der Waals surface area contributed by atoms with Gasteiger partial charge in [-0.05, 0) is 6.92 Å². The lowest BCUT2D eigenvalue weighted by molar-refractivity contribution is -0.287. The zero-order valence-electron chi connectivity index (χ0n) is 8.01. The van der Waals surface area contributed by atoms with Crippen LogP contribution in [-0.2, 0) is 14.2 Å². The minimum absolute atomic E-state index is 0.346. The Morgan fingerprint density at radius 2 is 1.62 bits per heavy atom. The molecule has 1 aliphatic heterocycles. The molecule has 0 aliphatic carbocycles. The van der Waals surface area contributed by atoms with Crippen LogP contribution in [0.5, 0.6) is 0 Å². The molecule has 0 unspecified atom stereocenters. The summed E-state index contributed by atoms with van der Waals surface area (Å²) < 4.78 is 15.0. The maximum atomic E-state index is 9.68. The Hall–Kier alpha value is -0.200. The molecule has 0 aromatic heterocycles. The van der Waals surface area contributed by atoms with Crippen LogP contribution >= 0.6 is 0 Å². The lowest BCUT2D eigenvalue weighted by atomic mass is 10.00. The predicted molar refractivity (Wildman–Crippen MR) is 44.2 cm³/mol. The van der Waals surface area contributed by atoms with Gasteiger partial charge in [-0.15, -0.1) is 0 Å². The summed E-state index contributed by atoms with van der Waals surface area (Å²) in [6.07, 6.45) is -3.52. The summed E-state index contributed by atoms with van der Waals surface area (Å²) in [6, 6.07) is 0. The molecule has 1 rings (SSSR count). The van der Waals surface area contributed by atoms with E-state index in [-0.39, 0.29) is 6.10 Å². The number of aliphatic hydroxyl groups excluding tert-OH is 2. The van der Waals surface area contributed by atoms with Gasteiger partial charge in [0.05, 0.1) is 6.10 Å². The van der Waals surface area contributed by atoms with Crippen molar-refractivity contribution in [3.8, 4) is 0 Å². The third-order valence-electron chi connectivity index (χ3n) is 2.32. The Bertz CT molecular complexity index is 147. The van der Waals surface area contributed by atoms with Gasteiger partial charge in [0.25, 0.3) is 0 Å². The molecule has 0 saturated carbocycles. The fraction of sp³-hybridized carbons (Fsp3) is 1.00. The highest BCUT2D eigenvalue weighted by Crippen LogP contribution is 2.23. The smallest absolute Gasteiger partial charge is 0.184 e. The minimum Gasteiger partial charge on any atom is -0.387 e. The summed E-state index contributed by atoms with van der Waals surface area (Å²) in [4.78, 5) is 0. The first-order chi connectivity index (χ1) is 6.11. The van der Waals surface area contributed by atoms with Gasteiger partial charge in [0.2, 0.25) is 0 Å². The van der Waals surface area contributed by atoms with Crippen molar-refractivity contribution in [1.29, 1.82) is 0 Å². The highest BCUT2D eigenvalue weighted by Gasteiger charge is 2.43. The van der Waals surface area contributed by atoms with Gasteiger partial charge in [0.15, 0.2) is 6.29 Å². The monoisotopic (exact) mass is 192 g/mol. The van der Waals surface area contributed by atoms with Crippen LogP contribution in [0, 0.1) is 0 Å². The molecular formula is C8H16O5. The van der Waals surface area contributed by atoms with E-state index in [1.54, 1.807) is 6.92 Å². The van der Waals surface area contributed by atoms with E-state index in [1.807, 2.05) is 0 Å². The highest BCUT2D eigenvalue weighted by atomic mass is 16.7. The van der Waals surface area contributed by atoms with Crippen molar-refractivity contribution in [3.05, 3.63) is 0 Å². The lowest BCUT2D eigenvalue weighted by Gasteiger charge is -2.40. The van der Waals surface area contributed by atoms with Gasteiger partial charge in [-0.25, -0.2) is 0 Å². The molecule has 13 heavy (non-hydrogen) atoms. The normalized spacial score (nSPS) is 46.4. The van der Waals surface area contributed by atoms with Crippen molar-refractivity contribution in [3.63, 3.8) is 0 Å². The van der Waals surface area contributed by atoms with E-state index in [4.69, 9.17) is 14.2 Å². The maximum absolute atomic E-state index is 9.68. The summed E-state index contributed by atoms with van der Waals surface area (Å²) in [5.41, 5.74) is 0.